The molecular formula is C16H10FN3O3S2. The highest BCUT2D eigenvalue weighted by Crippen LogP contribution is 2.33. The van der Waals surface area contributed by atoms with Crippen LogP contribution in [0.5, 0.6) is 0 Å². The maximum absolute atomic E-state index is 12.9. The Hall–Kier alpha value is -2.78. The van der Waals surface area contributed by atoms with Gasteiger partial charge in [-0.3, -0.25) is 20.3 Å². The average Bonchev–Trinajstić information content (AvgIpc) is 2.85. The molecule has 0 atom stereocenters. The summed E-state index contributed by atoms with van der Waals surface area (Å²) >= 11 is 6.31. The van der Waals surface area contributed by atoms with Crippen LogP contribution >= 0.6 is 24.0 Å². The number of nitro benzene ring substituents is 1. The molecule has 2 aromatic carbocycles. The van der Waals surface area contributed by atoms with Crippen LogP contribution in [-0.2, 0) is 4.79 Å². The molecule has 1 aliphatic heterocycles. The molecule has 0 aromatic heterocycles. The van der Waals surface area contributed by atoms with Gasteiger partial charge in [0.2, 0.25) is 0 Å². The molecule has 0 radical (unpaired) electrons. The SMILES string of the molecule is O=C1/C(=C\c2ccc(F)cc2)SC(=S)N1Nc1ccc([N+](=O)[O-])cc1. The predicted octanol–water partition coefficient (Wildman–Crippen LogP) is 3.96. The van der Waals surface area contributed by atoms with Crippen LogP contribution in [0.2, 0.25) is 0 Å². The summed E-state index contributed by atoms with van der Waals surface area (Å²) in [4.78, 5) is 23.0. The number of hydrogen-bond donors (Lipinski definition) is 1. The third-order valence-electron chi connectivity index (χ3n) is 3.28. The summed E-state index contributed by atoms with van der Waals surface area (Å²) in [5.41, 5.74) is 3.95. The first-order valence-electron chi connectivity index (χ1n) is 6.99. The highest BCUT2D eigenvalue weighted by Gasteiger charge is 2.32. The smallest absolute Gasteiger partial charge is 0.285 e. The van der Waals surface area contributed by atoms with Crippen molar-refractivity contribution in [3.8, 4) is 0 Å². The van der Waals surface area contributed by atoms with Gasteiger partial charge in [0.25, 0.3) is 11.6 Å². The standard InChI is InChI=1S/C16H10FN3O3S2/c17-11-3-1-10(2-4-11)9-14-15(21)19(16(24)25-14)18-12-5-7-13(8-6-12)20(22)23/h1-9,18H/b14-9+. The van der Waals surface area contributed by atoms with E-state index in [0.717, 1.165) is 11.8 Å². The first kappa shape index (κ1) is 17.1. The normalized spacial score (nSPS) is 15.7. The molecule has 1 fully saturated rings. The Balaban J connectivity index is 1.77. The second-order valence-electron chi connectivity index (χ2n) is 4.98. The van der Waals surface area contributed by atoms with E-state index in [9.17, 15) is 19.3 Å². The summed E-state index contributed by atoms with van der Waals surface area (Å²) in [7, 11) is 0. The number of nitrogens with zero attached hydrogens (tertiary/aromatic N) is 2. The van der Waals surface area contributed by atoms with Crippen molar-refractivity contribution in [3.63, 3.8) is 0 Å². The molecule has 2 aromatic rings. The van der Waals surface area contributed by atoms with E-state index in [1.807, 2.05) is 0 Å². The minimum Gasteiger partial charge on any atom is -0.290 e. The third kappa shape index (κ3) is 3.83. The van der Waals surface area contributed by atoms with Gasteiger partial charge in [0, 0.05) is 12.1 Å². The number of carbonyl (C=O) groups is 1. The number of hydrogen-bond acceptors (Lipinski definition) is 6. The van der Waals surface area contributed by atoms with Gasteiger partial charge in [-0.25, -0.2) is 9.40 Å². The molecule has 1 saturated heterocycles. The van der Waals surface area contributed by atoms with Gasteiger partial charge in [0.05, 0.1) is 15.5 Å². The van der Waals surface area contributed by atoms with Gasteiger partial charge in [-0.15, -0.1) is 0 Å². The molecule has 0 spiro atoms. The van der Waals surface area contributed by atoms with E-state index in [4.69, 9.17) is 12.2 Å². The number of carbonyl (C=O) groups excluding carboxylic acids is 1. The number of benzene rings is 2. The van der Waals surface area contributed by atoms with Gasteiger partial charge in [-0.1, -0.05) is 23.9 Å². The highest BCUT2D eigenvalue weighted by molar-refractivity contribution is 8.26. The molecule has 9 heteroatoms. The van der Waals surface area contributed by atoms with Crippen LogP contribution in [0.15, 0.2) is 53.4 Å². The molecular weight excluding hydrogens is 365 g/mol. The molecule has 0 aliphatic carbocycles. The van der Waals surface area contributed by atoms with Crippen LogP contribution in [0, 0.1) is 15.9 Å². The predicted molar refractivity (Wildman–Crippen MR) is 98.1 cm³/mol. The van der Waals surface area contributed by atoms with Crippen molar-refractivity contribution in [3.05, 3.63) is 74.9 Å². The van der Waals surface area contributed by atoms with Crippen LogP contribution in [0.3, 0.4) is 0 Å². The van der Waals surface area contributed by atoms with Crippen LogP contribution in [-0.4, -0.2) is 20.2 Å². The summed E-state index contributed by atoms with van der Waals surface area (Å²) in [6.07, 6.45) is 1.62. The van der Waals surface area contributed by atoms with Gasteiger partial charge in [0.15, 0.2) is 4.32 Å². The van der Waals surface area contributed by atoms with E-state index in [-0.39, 0.29) is 17.4 Å². The second kappa shape index (κ2) is 6.99. The van der Waals surface area contributed by atoms with Crippen molar-refractivity contribution in [2.75, 3.05) is 5.43 Å². The second-order valence-corrected chi connectivity index (χ2v) is 6.66. The van der Waals surface area contributed by atoms with Gasteiger partial charge in [-0.05, 0) is 48.1 Å². The monoisotopic (exact) mass is 375 g/mol. The fourth-order valence-electron chi connectivity index (χ4n) is 2.06. The topological polar surface area (TPSA) is 75.5 Å². The van der Waals surface area contributed by atoms with E-state index in [2.05, 4.69) is 5.43 Å². The van der Waals surface area contributed by atoms with E-state index in [1.165, 1.54) is 41.4 Å². The molecule has 1 heterocycles. The number of halogens is 1. The fourth-order valence-corrected chi connectivity index (χ4v) is 3.24. The number of nitro groups is 1. The minimum atomic E-state index is -0.505. The van der Waals surface area contributed by atoms with E-state index < -0.39 is 4.92 Å². The number of non-ortho nitro benzene ring substituents is 1. The molecule has 1 aliphatic rings. The number of thiocarbonyl (C=S) groups is 1. The quantitative estimate of drug-likeness (QED) is 0.377. The highest BCUT2D eigenvalue weighted by atomic mass is 32.2. The molecule has 0 saturated carbocycles. The Labute approximate surface area is 151 Å². The number of amides is 1. The summed E-state index contributed by atoms with van der Waals surface area (Å²) in [5.74, 6) is -0.706. The van der Waals surface area contributed by atoms with Gasteiger partial charge in [-0.2, -0.15) is 0 Å². The van der Waals surface area contributed by atoms with Crippen LogP contribution in [0.4, 0.5) is 15.8 Å². The summed E-state index contributed by atoms with van der Waals surface area (Å²) in [6.45, 7) is 0. The molecule has 0 unspecified atom stereocenters. The number of anilines is 1. The Bertz CT molecular complexity index is 883. The first-order chi connectivity index (χ1) is 11.9. The lowest BCUT2D eigenvalue weighted by molar-refractivity contribution is -0.384. The van der Waals surface area contributed by atoms with Crippen LogP contribution < -0.4 is 5.43 Å². The molecule has 1 amide bonds. The zero-order chi connectivity index (χ0) is 18.0. The minimum absolute atomic E-state index is 0.0489. The lowest BCUT2D eigenvalue weighted by atomic mass is 10.2. The van der Waals surface area contributed by atoms with Gasteiger partial charge >= 0.3 is 0 Å². The first-order valence-corrected chi connectivity index (χ1v) is 8.21. The maximum atomic E-state index is 12.9. The Kier molecular flexibility index (Phi) is 4.77. The Morgan fingerprint density at radius 1 is 1.16 bits per heavy atom. The Morgan fingerprint density at radius 2 is 1.80 bits per heavy atom. The number of thioether (sulfide) groups is 1. The van der Waals surface area contributed by atoms with E-state index in [0.29, 0.717) is 20.5 Å². The van der Waals surface area contributed by atoms with Crippen molar-refractivity contribution in [2.45, 2.75) is 0 Å². The van der Waals surface area contributed by atoms with Crippen molar-refractivity contribution >= 4 is 51.7 Å². The zero-order valence-electron chi connectivity index (χ0n) is 12.5. The van der Waals surface area contributed by atoms with Crippen molar-refractivity contribution < 1.29 is 14.1 Å². The van der Waals surface area contributed by atoms with Gasteiger partial charge < -0.3 is 0 Å². The van der Waals surface area contributed by atoms with E-state index >= 15 is 0 Å². The molecule has 0 bridgehead atoms. The van der Waals surface area contributed by atoms with Crippen molar-refractivity contribution in [1.29, 1.82) is 0 Å². The fraction of sp³-hybridized carbons (Fsp3) is 0. The average molecular weight is 375 g/mol. The number of hydrazine groups is 1. The van der Waals surface area contributed by atoms with Crippen LogP contribution in [0.25, 0.3) is 6.08 Å². The van der Waals surface area contributed by atoms with Crippen molar-refractivity contribution in [2.24, 2.45) is 0 Å². The largest absolute Gasteiger partial charge is 0.290 e. The summed E-state index contributed by atoms with van der Waals surface area (Å²) < 4.78 is 13.3. The van der Waals surface area contributed by atoms with E-state index in [1.54, 1.807) is 18.2 Å². The summed E-state index contributed by atoms with van der Waals surface area (Å²) in [5, 5.41) is 11.9. The lowest BCUT2D eigenvalue weighted by Crippen LogP contribution is -2.33. The lowest BCUT2D eigenvalue weighted by Gasteiger charge is -2.16. The molecule has 126 valence electrons. The molecule has 3 rings (SSSR count). The molecule has 6 nitrogen and oxygen atoms in total. The zero-order valence-corrected chi connectivity index (χ0v) is 14.1. The van der Waals surface area contributed by atoms with Gasteiger partial charge in [0.1, 0.15) is 5.82 Å². The summed E-state index contributed by atoms with van der Waals surface area (Å²) in [6, 6.07) is 11.4. The van der Waals surface area contributed by atoms with Crippen LogP contribution in [0.1, 0.15) is 5.56 Å². The maximum Gasteiger partial charge on any atom is 0.285 e. The number of rotatable bonds is 4. The molecule has 1 N–H and O–H groups in total. The van der Waals surface area contributed by atoms with Crippen molar-refractivity contribution in [1.82, 2.24) is 5.01 Å². The Morgan fingerprint density at radius 3 is 2.40 bits per heavy atom. The third-order valence-corrected chi connectivity index (χ3v) is 4.58. The number of nitrogens with one attached hydrogen (secondary N) is 1. The molecule has 25 heavy (non-hydrogen) atoms.